The molecule has 1 heterocycles. The number of hydrogen-bond acceptors (Lipinski definition) is 8. The molecule has 10 nitrogen and oxygen atoms in total. The van der Waals surface area contributed by atoms with Crippen LogP contribution >= 0.6 is 11.6 Å². The second-order valence-corrected chi connectivity index (χ2v) is 10.3. The zero-order valence-electron chi connectivity index (χ0n) is 23.0. The number of benzene rings is 3. The van der Waals surface area contributed by atoms with Crippen LogP contribution in [0, 0.1) is 16.0 Å². The molecule has 3 aromatic rings. The largest absolute Gasteiger partial charge is 0.497 e. The van der Waals surface area contributed by atoms with E-state index in [9.17, 15) is 19.7 Å². The Morgan fingerprint density at radius 3 is 2.36 bits per heavy atom. The van der Waals surface area contributed by atoms with Crippen LogP contribution < -0.4 is 9.47 Å². The van der Waals surface area contributed by atoms with E-state index in [0.29, 0.717) is 5.75 Å². The van der Waals surface area contributed by atoms with Gasteiger partial charge in [0.2, 0.25) is 0 Å². The number of hydrazone groups is 1. The zero-order chi connectivity index (χ0) is 29.8. The van der Waals surface area contributed by atoms with Crippen LogP contribution in [0.25, 0.3) is 6.08 Å². The quantitative estimate of drug-likeness (QED) is 0.173. The maximum absolute atomic E-state index is 13.6. The van der Waals surface area contributed by atoms with Crippen molar-refractivity contribution in [2.24, 2.45) is 11.0 Å². The fourth-order valence-electron chi connectivity index (χ4n) is 5.30. The predicted molar refractivity (Wildman–Crippen MR) is 157 cm³/mol. The highest BCUT2D eigenvalue weighted by molar-refractivity contribution is 6.33. The Labute approximate surface area is 247 Å². The van der Waals surface area contributed by atoms with E-state index < -0.39 is 29.4 Å². The lowest BCUT2D eigenvalue weighted by molar-refractivity contribution is -0.384. The minimum absolute atomic E-state index is 0.0186. The molecule has 0 unspecified atom stereocenters. The van der Waals surface area contributed by atoms with E-state index in [0.717, 1.165) is 53.5 Å². The van der Waals surface area contributed by atoms with Crippen LogP contribution in [0.15, 0.2) is 77.4 Å². The third-order valence-corrected chi connectivity index (χ3v) is 7.71. The standard InChI is InChI=1S/C31H28ClN3O7/c1-40-23-11-6-19(7-12-23)16-21-4-3-5-25-29(21)33-34(30(25)20-8-13-24(41-2)14-9-20)28(36)18-42-31(37)26-17-22(35(38)39)10-15-27(26)32/h6-17,25,30H,3-5,18H2,1-2H3/b21-16-/t25-,30-/m1/s1. The second kappa shape index (κ2) is 12.4. The average Bonchev–Trinajstić information content (AvgIpc) is 3.41. The van der Waals surface area contributed by atoms with E-state index in [1.165, 1.54) is 17.1 Å². The Balaban J connectivity index is 1.43. The Hall–Kier alpha value is -4.70. The van der Waals surface area contributed by atoms with Crippen LogP contribution in [0.3, 0.4) is 0 Å². The Morgan fingerprint density at radius 1 is 1.05 bits per heavy atom. The number of halogens is 1. The van der Waals surface area contributed by atoms with Crippen LogP contribution in [0.1, 0.15) is 46.8 Å². The maximum Gasteiger partial charge on any atom is 0.340 e. The van der Waals surface area contributed by atoms with Crippen molar-refractivity contribution < 1.29 is 28.7 Å². The van der Waals surface area contributed by atoms with Gasteiger partial charge in [0.25, 0.3) is 11.6 Å². The number of allylic oxidation sites excluding steroid dienone is 1. The number of ether oxygens (including phenoxy) is 3. The number of fused-ring (bicyclic) bond motifs is 1. The molecule has 0 aromatic heterocycles. The van der Waals surface area contributed by atoms with E-state index in [1.54, 1.807) is 14.2 Å². The van der Waals surface area contributed by atoms with Gasteiger partial charge in [-0.1, -0.05) is 35.9 Å². The van der Waals surface area contributed by atoms with Crippen molar-refractivity contribution in [3.63, 3.8) is 0 Å². The first-order valence-electron chi connectivity index (χ1n) is 13.3. The summed E-state index contributed by atoms with van der Waals surface area (Å²) in [6.45, 7) is -0.620. The molecule has 1 fully saturated rings. The number of carbonyl (C=O) groups is 2. The smallest absolute Gasteiger partial charge is 0.340 e. The number of amides is 1. The number of carbonyl (C=O) groups excluding carboxylic acids is 2. The summed E-state index contributed by atoms with van der Waals surface area (Å²) >= 11 is 6.08. The molecule has 42 heavy (non-hydrogen) atoms. The molecule has 3 aromatic carbocycles. The Kier molecular flexibility index (Phi) is 8.53. The van der Waals surface area contributed by atoms with Crippen molar-refractivity contribution in [2.75, 3.05) is 20.8 Å². The third-order valence-electron chi connectivity index (χ3n) is 7.38. The summed E-state index contributed by atoms with van der Waals surface area (Å²) < 4.78 is 15.9. The van der Waals surface area contributed by atoms with Crippen molar-refractivity contribution in [3.05, 3.63) is 104 Å². The number of esters is 1. The molecule has 5 rings (SSSR count). The van der Waals surface area contributed by atoms with Gasteiger partial charge in [-0.05, 0) is 72.4 Å². The minimum atomic E-state index is -0.942. The molecule has 0 radical (unpaired) electrons. The highest BCUT2D eigenvalue weighted by atomic mass is 35.5. The molecule has 0 saturated heterocycles. The van der Waals surface area contributed by atoms with Crippen molar-refractivity contribution in [1.29, 1.82) is 0 Å². The normalized spacial score (nSPS) is 18.7. The maximum atomic E-state index is 13.6. The minimum Gasteiger partial charge on any atom is -0.497 e. The summed E-state index contributed by atoms with van der Waals surface area (Å²) in [4.78, 5) is 36.8. The van der Waals surface area contributed by atoms with E-state index in [1.807, 2.05) is 48.5 Å². The molecular weight excluding hydrogens is 562 g/mol. The lowest BCUT2D eigenvalue weighted by atomic mass is 9.77. The van der Waals surface area contributed by atoms with E-state index in [4.69, 9.17) is 30.9 Å². The number of rotatable bonds is 8. The van der Waals surface area contributed by atoms with Crippen molar-refractivity contribution in [3.8, 4) is 11.5 Å². The van der Waals surface area contributed by atoms with Gasteiger partial charge in [0, 0.05) is 18.1 Å². The molecule has 1 aliphatic carbocycles. The molecule has 1 saturated carbocycles. The lowest BCUT2D eigenvalue weighted by Gasteiger charge is -2.29. The lowest BCUT2D eigenvalue weighted by Crippen LogP contribution is -2.34. The number of hydrogen-bond donors (Lipinski definition) is 0. The van der Waals surface area contributed by atoms with Crippen LogP contribution in [0.4, 0.5) is 5.69 Å². The van der Waals surface area contributed by atoms with Crippen LogP contribution in [0.5, 0.6) is 11.5 Å². The molecule has 1 aliphatic heterocycles. The molecular formula is C31H28ClN3O7. The van der Waals surface area contributed by atoms with Gasteiger partial charge in [-0.2, -0.15) is 5.10 Å². The SMILES string of the molecule is COc1ccc(/C=C2/CCC[C@@H]3C2=NN(C(=O)COC(=O)c2cc([N+](=O)[O-])ccc2Cl)[C@@H]3c2ccc(OC)cc2)cc1. The summed E-state index contributed by atoms with van der Waals surface area (Å²) in [5, 5.41) is 17.3. The number of nitro benzene ring substituents is 1. The first kappa shape index (κ1) is 28.8. The van der Waals surface area contributed by atoms with Gasteiger partial charge in [0.1, 0.15) is 11.5 Å². The van der Waals surface area contributed by atoms with Crippen molar-refractivity contribution >= 4 is 41.0 Å². The number of methoxy groups -OCH3 is 2. The molecule has 2 atom stereocenters. The highest BCUT2D eigenvalue weighted by Gasteiger charge is 2.44. The van der Waals surface area contributed by atoms with Gasteiger partial charge in [0.05, 0.1) is 41.5 Å². The van der Waals surface area contributed by atoms with Crippen molar-refractivity contribution in [2.45, 2.75) is 25.3 Å². The summed E-state index contributed by atoms with van der Waals surface area (Å²) in [5.74, 6) is -0.0993. The topological polar surface area (TPSA) is 121 Å². The molecule has 0 bridgehead atoms. The first-order valence-corrected chi connectivity index (χ1v) is 13.7. The molecule has 0 N–H and O–H groups in total. The number of nitro groups is 1. The molecule has 0 spiro atoms. The fraction of sp³-hybridized carbons (Fsp3) is 0.258. The highest BCUT2D eigenvalue weighted by Crippen LogP contribution is 2.44. The monoisotopic (exact) mass is 589 g/mol. The van der Waals surface area contributed by atoms with Gasteiger partial charge in [-0.3, -0.25) is 14.9 Å². The van der Waals surface area contributed by atoms with Gasteiger partial charge in [-0.15, -0.1) is 0 Å². The third kappa shape index (κ3) is 5.99. The number of nitrogens with zero attached hydrogens (tertiary/aromatic N) is 3. The second-order valence-electron chi connectivity index (χ2n) is 9.88. The van der Waals surface area contributed by atoms with Crippen LogP contribution in [-0.4, -0.2) is 48.3 Å². The number of non-ortho nitro benzene ring substituents is 1. The van der Waals surface area contributed by atoms with Crippen LogP contribution in [0.2, 0.25) is 5.02 Å². The van der Waals surface area contributed by atoms with Gasteiger partial charge < -0.3 is 14.2 Å². The van der Waals surface area contributed by atoms with Gasteiger partial charge in [0.15, 0.2) is 6.61 Å². The van der Waals surface area contributed by atoms with Crippen LogP contribution in [-0.2, 0) is 9.53 Å². The average molecular weight is 590 g/mol. The summed E-state index contributed by atoms with van der Waals surface area (Å²) in [5.41, 5.74) is 3.19. The summed E-state index contributed by atoms with van der Waals surface area (Å²) in [6.07, 6.45) is 4.62. The summed E-state index contributed by atoms with van der Waals surface area (Å²) in [7, 11) is 3.20. The van der Waals surface area contributed by atoms with E-state index in [2.05, 4.69) is 6.08 Å². The Bertz CT molecular complexity index is 1570. The van der Waals surface area contributed by atoms with E-state index >= 15 is 0 Å². The van der Waals surface area contributed by atoms with Gasteiger partial charge in [-0.25, -0.2) is 9.80 Å². The molecule has 2 aliphatic rings. The predicted octanol–water partition coefficient (Wildman–Crippen LogP) is 6.25. The first-order chi connectivity index (χ1) is 20.3. The Morgan fingerprint density at radius 2 is 1.71 bits per heavy atom. The zero-order valence-corrected chi connectivity index (χ0v) is 23.7. The van der Waals surface area contributed by atoms with Gasteiger partial charge >= 0.3 is 5.97 Å². The van der Waals surface area contributed by atoms with E-state index in [-0.39, 0.29) is 22.2 Å². The molecule has 11 heteroatoms. The molecule has 1 amide bonds. The fourth-order valence-corrected chi connectivity index (χ4v) is 5.49. The summed E-state index contributed by atoms with van der Waals surface area (Å²) in [6, 6.07) is 18.2. The molecule has 216 valence electrons. The van der Waals surface area contributed by atoms with Crippen molar-refractivity contribution in [1.82, 2.24) is 5.01 Å².